The van der Waals surface area contributed by atoms with Crippen molar-refractivity contribution in [3.63, 3.8) is 0 Å². The van der Waals surface area contributed by atoms with Gasteiger partial charge in [0, 0.05) is 30.0 Å². The van der Waals surface area contributed by atoms with Gasteiger partial charge < -0.3 is 10.0 Å². The lowest BCUT2D eigenvalue weighted by molar-refractivity contribution is -0.137. The SMILES string of the molecule is CN(CC1(CO)CC1)C(=O)c1csc(-c2cccc(C(F)(F)F)c2)n1. The highest BCUT2D eigenvalue weighted by molar-refractivity contribution is 7.13. The van der Waals surface area contributed by atoms with Crippen molar-refractivity contribution in [1.82, 2.24) is 9.88 Å². The summed E-state index contributed by atoms with van der Waals surface area (Å²) in [5.41, 5.74) is -0.419. The van der Waals surface area contributed by atoms with Crippen molar-refractivity contribution < 1.29 is 23.1 Å². The molecule has 1 aliphatic rings. The Labute approximate surface area is 146 Å². The largest absolute Gasteiger partial charge is 0.416 e. The zero-order chi connectivity index (χ0) is 18.2. The van der Waals surface area contributed by atoms with Gasteiger partial charge in [-0.2, -0.15) is 13.2 Å². The van der Waals surface area contributed by atoms with Crippen molar-refractivity contribution >= 4 is 17.2 Å². The maximum atomic E-state index is 12.8. The van der Waals surface area contributed by atoms with Crippen molar-refractivity contribution in [2.75, 3.05) is 20.2 Å². The number of nitrogens with zero attached hydrogens (tertiary/aromatic N) is 2. The van der Waals surface area contributed by atoms with Crippen molar-refractivity contribution in [2.24, 2.45) is 5.41 Å². The van der Waals surface area contributed by atoms with Crippen LogP contribution in [0.3, 0.4) is 0 Å². The molecule has 1 amide bonds. The molecule has 0 unspecified atom stereocenters. The number of amides is 1. The Hall–Kier alpha value is -1.93. The number of carbonyl (C=O) groups is 1. The number of hydrogen-bond donors (Lipinski definition) is 1. The zero-order valence-electron chi connectivity index (χ0n) is 13.5. The summed E-state index contributed by atoms with van der Waals surface area (Å²) in [6.45, 7) is 0.482. The first kappa shape index (κ1) is 17.9. The minimum Gasteiger partial charge on any atom is -0.396 e. The lowest BCUT2D eigenvalue weighted by Crippen LogP contribution is -2.34. The standard InChI is InChI=1S/C17H17F3N2O2S/c1-22(9-16(10-23)5-6-16)15(24)13-8-25-14(21-13)11-3-2-4-12(7-11)17(18,19)20/h2-4,7-8,23H,5-6,9-10H2,1H3. The van der Waals surface area contributed by atoms with E-state index in [9.17, 15) is 23.1 Å². The Morgan fingerprint density at radius 3 is 2.72 bits per heavy atom. The quantitative estimate of drug-likeness (QED) is 0.874. The molecule has 1 heterocycles. The lowest BCUT2D eigenvalue weighted by atomic mass is 10.1. The van der Waals surface area contributed by atoms with Gasteiger partial charge in [0.15, 0.2) is 0 Å². The maximum absolute atomic E-state index is 12.8. The molecule has 25 heavy (non-hydrogen) atoms. The van der Waals surface area contributed by atoms with Crippen LogP contribution in [0.2, 0.25) is 0 Å². The summed E-state index contributed by atoms with van der Waals surface area (Å²) in [6.07, 6.45) is -2.66. The second kappa shape index (κ2) is 6.42. The van der Waals surface area contributed by atoms with E-state index in [1.54, 1.807) is 12.4 Å². The van der Waals surface area contributed by atoms with Gasteiger partial charge in [-0.05, 0) is 25.0 Å². The number of halogens is 3. The van der Waals surface area contributed by atoms with Crippen LogP contribution in [-0.4, -0.2) is 41.1 Å². The predicted molar refractivity (Wildman–Crippen MR) is 88.3 cm³/mol. The number of aliphatic hydroxyl groups is 1. The molecule has 0 radical (unpaired) electrons. The Morgan fingerprint density at radius 1 is 1.40 bits per heavy atom. The molecule has 134 valence electrons. The molecule has 0 spiro atoms. The second-order valence-electron chi connectivity index (χ2n) is 6.44. The molecule has 3 rings (SSSR count). The van der Waals surface area contributed by atoms with E-state index in [1.165, 1.54) is 17.0 Å². The molecule has 1 saturated carbocycles. The number of aromatic nitrogens is 1. The molecule has 1 fully saturated rings. The predicted octanol–water partition coefficient (Wildman–Crippen LogP) is 3.67. The van der Waals surface area contributed by atoms with Crippen LogP contribution in [0.1, 0.15) is 28.9 Å². The molecule has 1 aromatic heterocycles. The highest BCUT2D eigenvalue weighted by Gasteiger charge is 2.43. The highest BCUT2D eigenvalue weighted by Crippen LogP contribution is 2.45. The summed E-state index contributed by atoms with van der Waals surface area (Å²) in [7, 11) is 1.64. The highest BCUT2D eigenvalue weighted by atomic mass is 32.1. The van der Waals surface area contributed by atoms with Crippen LogP contribution in [0.25, 0.3) is 10.6 Å². The number of hydrogen-bond acceptors (Lipinski definition) is 4. The number of benzene rings is 1. The fourth-order valence-electron chi connectivity index (χ4n) is 2.65. The van der Waals surface area contributed by atoms with Crippen LogP contribution < -0.4 is 0 Å². The van der Waals surface area contributed by atoms with E-state index in [0.29, 0.717) is 17.1 Å². The summed E-state index contributed by atoms with van der Waals surface area (Å²) < 4.78 is 38.5. The van der Waals surface area contributed by atoms with E-state index in [4.69, 9.17) is 0 Å². The van der Waals surface area contributed by atoms with Gasteiger partial charge in [0.25, 0.3) is 5.91 Å². The van der Waals surface area contributed by atoms with Gasteiger partial charge in [-0.25, -0.2) is 4.98 Å². The van der Waals surface area contributed by atoms with E-state index in [1.807, 2.05) is 0 Å². The number of thiazole rings is 1. The lowest BCUT2D eigenvalue weighted by Gasteiger charge is -2.21. The monoisotopic (exact) mass is 370 g/mol. The summed E-state index contributed by atoms with van der Waals surface area (Å²) in [5, 5.41) is 11.3. The molecular formula is C17H17F3N2O2S. The topological polar surface area (TPSA) is 53.4 Å². The van der Waals surface area contributed by atoms with Crippen LogP contribution in [0.4, 0.5) is 13.2 Å². The van der Waals surface area contributed by atoms with Gasteiger partial charge in [0.1, 0.15) is 10.7 Å². The average molecular weight is 370 g/mol. The molecule has 0 aliphatic heterocycles. The number of rotatable bonds is 5. The van der Waals surface area contributed by atoms with Crippen LogP contribution in [0.15, 0.2) is 29.6 Å². The minimum absolute atomic E-state index is 0.0389. The van der Waals surface area contributed by atoms with Crippen LogP contribution in [0.5, 0.6) is 0 Å². The normalized spacial score (nSPS) is 15.9. The Balaban J connectivity index is 1.77. The first-order valence-corrected chi connectivity index (χ1v) is 8.62. The fraction of sp³-hybridized carbons (Fsp3) is 0.412. The summed E-state index contributed by atoms with van der Waals surface area (Å²) in [4.78, 5) is 18.2. The van der Waals surface area contributed by atoms with Crippen molar-refractivity contribution in [3.8, 4) is 10.6 Å². The van der Waals surface area contributed by atoms with Gasteiger partial charge >= 0.3 is 6.18 Å². The average Bonchev–Trinajstić information content (AvgIpc) is 3.18. The first-order chi connectivity index (χ1) is 11.7. The molecule has 4 nitrogen and oxygen atoms in total. The third kappa shape index (κ3) is 3.85. The van der Waals surface area contributed by atoms with E-state index in [2.05, 4.69) is 4.98 Å². The van der Waals surface area contributed by atoms with Gasteiger partial charge in [-0.15, -0.1) is 11.3 Å². The third-order valence-electron chi connectivity index (χ3n) is 4.37. The molecule has 1 N–H and O–H groups in total. The molecule has 0 bridgehead atoms. The molecule has 1 aliphatic carbocycles. The van der Waals surface area contributed by atoms with Crippen molar-refractivity contribution in [3.05, 3.63) is 40.9 Å². The number of aliphatic hydroxyl groups excluding tert-OH is 1. The fourth-order valence-corrected chi connectivity index (χ4v) is 3.44. The summed E-state index contributed by atoms with van der Waals surface area (Å²) in [6, 6.07) is 4.89. The van der Waals surface area contributed by atoms with E-state index >= 15 is 0 Å². The Morgan fingerprint density at radius 2 is 2.12 bits per heavy atom. The molecule has 2 aromatic rings. The van der Waals surface area contributed by atoms with E-state index < -0.39 is 11.7 Å². The molecule has 0 atom stereocenters. The van der Waals surface area contributed by atoms with Gasteiger partial charge in [0.05, 0.1) is 12.2 Å². The first-order valence-electron chi connectivity index (χ1n) is 7.74. The summed E-state index contributed by atoms with van der Waals surface area (Å²) in [5.74, 6) is -0.297. The van der Waals surface area contributed by atoms with E-state index in [0.717, 1.165) is 36.3 Å². The number of alkyl halides is 3. The van der Waals surface area contributed by atoms with Gasteiger partial charge in [-0.3, -0.25) is 4.79 Å². The maximum Gasteiger partial charge on any atom is 0.416 e. The Bertz CT molecular complexity index is 784. The van der Waals surface area contributed by atoms with Crippen molar-refractivity contribution in [1.29, 1.82) is 0 Å². The van der Waals surface area contributed by atoms with Gasteiger partial charge in [-0.1, -0.05) is 12.1 Å². The number of carbonyl (C=O) groups excluding carboxylic acids is 1. The Kier molecular flexibility index (Phi) is 4.59. The molecule has 1 aromatic carbocycles. The zero-order valence-corrected chi connectivity index (χ0v) is 14.3. The third-order valence-corrected chi connectivity index (χ3v) is 5.26. The van der Waals surface area contributed by atoms with Gasteiger partial charge in [0.2, 0.25) is 0 Å². The smallest absolute Gasteiger partial charge is 0.396 e. The summed E-state index contributed by atoms with van der Waals surface area (Å²) >= 11 is 1.13. The molecule has 0 saturated heterocycles. The molecule has 8 heteroatoms. The van der Waals surface area contributed by atoms with Crippen LogP contribution >= 0.6 is 11.3 Å². The van der Waals surface area contributed by atoms with Crippen LogP contribution in [0, 0.1) is 5.41 Å². The van der Waals surface area contributed by atoms with E-state index in [-0.39, 0.29) is 23.6 Å². The van der Waals surface area contributed by atoms with Crippen LogP contribution in [-0.2, 0) is 6.18 Å². The minimum atomic E-state index is -4.42. The second-order valence-corrected chi connectivity index (χ2v) is 7.29. The van der Waals surface area contributed by atoms with Crippen molar-refractivity contribution in [2.45, 2.75) is 19.0 Å². The molecular weight excluding hydrogens is 353 g/mol.